The number of benzene rings is 1. The maximum atomic E-state index is 11.3. The number of hydrogen-bond donors (Lipinski definition) is 1. The lowest BCUT2D eigenvalue weighted by atomic mass is 9.69. The van der Waals surface area contributed by atoms with E-state index in [0.717, 1.165) is 17.5 Å². The molecule has 0 unspecified atom stereocenters. The van der Waals surface area contributed by atoms with Crippen molar-refractivity contribution in [3.05, 3.63) is 33.5 Å². The molecule has 1 aromatic carbocycles. The van der Waals surface area contributed by atoms with Crippen molar-refractivity contribution in [3.63, 3.8) is 0 Å². The Kier molecular flexibility index (Phi) is 2.99. The van der Waals surface area contributed by atoms with Crippen LogP contribution in [-0.2, 0) is 5.41 Å². The first-order valence-electron chi connectivity index (χ1n) is 6.48. The summed E-state index contributed by atoms with van der Waals surface area (Å²) in [5, 5.41) is 0. The zero-order chi connectivity index (χ0) is 12.6. The Bertz CT molecular complexity index is 608. The van der Waals surface area contributed by atoms with Gasteiger partial charge >= 0.3 is 4.94 Å². The first-order chi connectivity index (χ1) is 8.73. The molecule has 3 rings (SSSR count). The highest BCUT2D eigenvalue weighted by atomic mass is 32.1. The molecule has 2 aromatic rings. The fourth-order valence-corrected chi connectivity index (χ4v) is 3.75. The highest BCUT2D eigenvalue weighted by molar-refractivity contribution is 7.16. The number of fused-ring (bicyclic) bond motifs is 1. The summed E-state index contributed by atoms with van der Waals surface area (Å²) in [4.78, 5) is 11.0. The van der Waals surface area contributed by atoms with E-state index in [4.69, 9.17) is 10.2 Å². The summed E-state index contributed by atoms with van der Waals surface area (Å²) in [6, 6.07) is 6.09. The van der Waals surface area contributed by atoms with Crippen LogP contribution >= 0.6 is 11.3 Å². The molecule has 1 saturated carbocycles. The molecule has 0 spiro atoms. The van der Waals surface area contributed by atoms with Crippen LogP contribution in [0.3, 0.4) is 0 Å². The van der Waals surface area contributed by atoms with Gasteiger partial charge in [-0.15, -0.1) is 0 Å². The van der Waals surface area contributed by atoms with Gasteiger partial charge in [-0.05, 0) is 30.5 Å². The van der Waals surface area contributed by atoms with Crippen molar-refractivity contribution in [3.8, 4) is 0 Å². The SMILES string of the molecule is NCC1(c2ccc3oc(=O)sc3c2)CCCCC1. The van der Waals surface area contributed by atoms with Gasteiger partial charge in [0.05, 0.1) is 4.70 Å². The maximum absolute atomic E-state index is 11.3. The first-order valence-corrected chi connectivity index (χ1v) is 7.29. The van der Waals surface area contributed by atoms with E-state index in [0.29, 0.717) is 12.1 Å². The summed E-state index contributed by atoms with van der Waals surface area (Å²) in [6.07, 6.45) is 6.11. The molecule has 1 fully saturated rings. The Labute approximate surface area is 110 Å². The second-order valence-corrected chi connectivity index (χ2v) is 6.14. The van der Waals surface area contributed by atoms with Crippen LogP contribution in [0.25, 0.3) is 10.3 Å². The van der Waals surface area contributed by atoms with E-state index in [1.165, 1.54) is 36.2 Å². The van der Waals surface area contributed by atoms with Crippen molar-refractivity contribution in [1.29, 1.82) is 0 Å². The summed E-state index contributed by atoms with van der Waals surface area (Å²) in [7, 11) is 0. The highest BCUT2D eigenvalue weighted by Gasteiger charge is 2.32. The fourth-order valence-electron chi connectivity index (χ4n) is 3.04. The second-order valence-electron chi connectivity index (χ2n) is 5.16. The van der Waals surface area contributed by atoms with Crippen molar-refractivity contribution in [1.82, 2.24) is 0 Å². The van der Waals surface area contributed by atoms with Gasteiger partial charge in [0.25, 0.3) is 0 Å². The number of nitrogens with two attached hydrogens (primary N) is 1. The number of hydrogen-bond acceptors (Lipinski definition) is 4. The van der Waals surface area contributed by atoms with Gasteiger partial charge in [0.1, 0.15) is 5.58 Å². The normalized spacial score (nSPS) is 19.2. The van der Waals surface area contributed by atoms with Crippen molar-refractivity contribution in [2.75, 3.05) is 6.54 Å². The lowest BCUT2D eigenvalue weighted by Gasteiger charge is -2.36. The maximum Gasteiger partial charge on any atom is 0.396 e. The highest BCUT2D eigenvalue weighted by Crippen LogP contribution is 2.39. The molecule has 0 amide bonds. The Hall–Kier alpha value is -1.13. The van der Waals surface area contributed by atoms with E-state index in [-0.39, 0.29) is 10.4 Å². The summed E-state index contributed by atoms with van der Waals surface area (Å²) in [5.74, 6) is 0. The van der Waals surface area contributed by atoms with E-state index in [2.05, 4.69) is 12.1 Å². The minimum atomic E-state index is -0.229. The van der Waals surface area contributed by atoms with E-state index in [1.54, 1.807) is 0 Å². The third kappa shape index (κ3) is 1.89. The van der Waals surface area contributed by atoms with Gasteiger partial charge in [-0.3, -0.25) is 0 Å². The van der Waals surface area contributed by atoms with Crippen LogP contribution in [0.1, 0.15) is 37.7 Å². The Morgan fingerprint density at radius 1 is 1.28 bits per heavy atom. The van der Waals surface area contributed by atoms with E-state index in [1.807, 2.05) is 6.07 Å². The zero-order valence-electron chi connectivity index (χ0n) is 10.3. The molecule has 18 heavy (non-hydrogen) atoms. The predicted octanol–water partition coefficient (Wildman–Crippen LogP) is 3.02. The summed E-state index contributed by atoms with van der Waals surface area (Å²) in [6.45, 7) is 0.686. The summed E-state index contributed by atoms with van der Waals surface area (Å²) in [5.41, 5.74) is 8.11. The van der Waals surface area contributed by atoms with Crippen LogP contribution in [0.2, 0.25) is 0 Å². The molecule has 1 aromatic heterocycles. The monoisotopic (exact) mass is 263 g/mol. The van der Waals surface area contributed by atoms with Crippen LogP contribution in [0, 0.1) is 0 Å². The van der Waals surface area contributed by atoms with Gasteiger partial charge in [0.15, 0.2) is 0 Å². The molecule has 0 atom stereocenters. The molecule has 1 aliphatic rings. The van der Waals surface area contributed by atoms with Gasteiger partial charge < -0.3 is 10.2 Å². The Balaban J connectivity index is 2.08. The van der Waals surface area contributed by atoms with E-state index < -0.39 is 0 Å². The molecule has 4 heteroatoms. The van der Waals surface area contributed by atoms with Crippen molar-refractivity contribution >= 4 is 21.6 Å². The van der Waals surface area contributed by atoms with Crippen LogP contribution in [0.4, 0.5) is 0 Å². The van der Waals surface area contributed by atoms with Crippen LogP contribution in [-0.4, -0.2) is 6.54 Å². The standard InChI is InChI=1S/C14H17NO2S/c15-9-14(6-2-1-3-7-14)10-4-5-11-12(8-10)18-13(16)17-11/h4-5,8H,1-3,6-7,9,15H2. The first kappa shape index (κ1) is 11.9. The van der Waals surface area contributed by atoms with E-state index >= 15 is 0 Å². The average Bonchev–Trinajstić information content (AvgIpc) is 2.78. The quantitative estimate of drug-likeness (QED) is 0.906. The Morgan fingerprint density at radius 3 is 2.78 bits per heavy atom. The summed E-state index contributed by atoms with van der Waals surface area (Å²) >= 11 is 1.18. The van der Waals surface area contributed by atoms with Gasteiger partial charge in [-0.25, -0.2) is 4.79 Å². The largest absolute Gasteiger partial charge is 0.414 e. The minimum absolute atomic E-state index is 0.111. The molecule has 1 heterocycles. The second kappa shape index (κ2) is 4.52. The number of rotatable bonds is 2. The molecule has 0 aliphatic heterocycles. The molecule has 0 saturated heterocycles. The minimum Gasteiger partial charge on any atom is -0.414 e. The topological polar surface area (TPSA) is 56.2 Å². The molecular formula is C14H17NO2S. The zero-order valence-corrected chi connectivity index (χ0v) is 11.1. The average molecular weight is 263 g/mol. The van der Waals surface area contributed by atoms with Crippen molar-refractivity contribution < 1.29 is 4.42 Å². The van der Waals surface area contributed by atoms with Gasteiger partial charge in [-0.2, -0.15) is 0 Å². The fraction of sp³-hybridized carbons (Fsp3) is 0.500. The summed E-state index contributed by atoms with van der Waals surface area (Å²) < 4.78 is 6.05. The predicted molar refractivity (Wildman–Crippen MR) is 74.2 cm³/mol. The molecule has 3 nitrogen and oxygen atoms in total. The van der Waals surface area contributed by atoms with Crippen LogP contribution < -0.4 is 10.7 Å². The van der Waals surface area contributed by atoms with Crippen molar-refractivity contribution in [2.45, 2.75) is 37.5 Å². The van der Waals surface area contributed by atoms with Crippen LogP contribution in [0.5, 0.6) is 0 Å². The van der Waals surface area contributed by atoms with Crippen molar-refractivity contribution in [2.24, 2.45) is 5.73 Å². The molecule has 0 radical (unpaired) electrons. The molecule has 1 aliphatic carbocycles. The molecule has 0 bridgehead atoms. The lowest BCUT2D eigenvalue weighted by Crippen LogP contribution is -2.37. The molecular weight excluding hydrogens is 246 g/mol. The van der Waals surface area contributed by atoms with Gasteiger partial charge in [0, 0.05) is 12.0 Å². The van der Waals surface area contributed by atoms with Crippen LogP contribution in [0.15, 0.2) is 27.4 Å². The van der Waals surface area contributed by atoms with Gasteiger partial charge in [0.2, 0.25) is 0 Å². The smallest absolute Gasteiger partial charge is 0.396 e. The third-order valence-electron chi connectivity index (χ3n) is 4.14. The molecule has 2 N–H and O–H groups in total. The molecule has 96 valence electrons. The lowest BCUT2D eigenvalue weighted by molar-refractivity contribution is 0.301. The van der Waals surface area contributed by atoms with E-state index in [9.17, 15) is 4.79 Å². The Morgan fingerprint density at radius 2 is 2.06 bits per heavy atom. The van der Waals surface area contributed by atoms with Gasteiger partial charge in [-0.1, -0.05) is 36.7 Å². The third-order valence-corrected chi connectivity index (χ3v) is 4.93.